The SMILES string of the molecule is CS(=O)(=O)c1cccnc1-c1cccnc1. The van der Waals surface area contributed by atoms with E-state index in [0.717, 1.165) is 0 Å². The molecule has 0 unspecified atom stereocenters. The Labute approximate surface area is 93.9 Å². The minimum absolute atomic E-state index is 0.225. The van der Waals surface area contributed by atoms with Crippen LogP contribution in [0.1, 0.15) is 0 Å². The third kappa shape index (κ3) is 2.09. The number of aromatic nitrogens is 2. The minimum atomic E-state index is -3.27. The van der Waals surface area contributed by atoms with Crippen LogP contribution in [0.25, 0.3) is 11.3 Å². The molecule has 0 amide bonds. The number of rotatable bonds is 2. The highest BCUT2D eigenvalue weighted by atomic mass is 32.2. The van der Waals surface area contributed by atoms with Crippen molar-refractivity contribution in [1.29, 1.82) is 0 Å². The molecule has 0 spiro atoms. The molecule has 0 aliphatic carbocycles. The first-order chi connectivity index (χ1) is 7.59. The summed E-state index contributed by atoms with van der Waals surface area (Å²) < 4.78 is 23.1. The van der Waals surface area contributed by atoms with Gasteiger partial charge in [0.1, 0.15) is 0 Å². The number of hydrogen-bond acceptors (Lipinski definition) is 4. The highest BCUT2D eigenvalue weighted by molar-refractivity contribution is 7.90. The van der Waals surface area contributed by atoms with Crippen LogP contribution >= 0.6 is 0 Å². The molecule has 0 aliphatic rings. The van der Waals surface area contributed by atoms with E-state index in [9.17, 15) is 8.42 Å². The number of nitrogens with zero attached hydrogens (tertiary/aromatic N) is 2. The predicted octanol–water partition coefficient (Wildman–Crippen LogP) is 1.55. The maximum Gasteiger partial charge on any atom is 0.177 e. The quantitative estimate of drug-likeness (QED) is 0.791. The van der Waals surface area contributed by atoms with E-state index in [1.165, 1.54) is 6.26 Å². The molecule has 0 saturated heterocycles. The van der Waals surface area contributed by atoms with Gasteiger partial charge in [-0.05, 0) is 24.3 Å². The molecule has 2 rings (SSSR count). The van der Waals surface area contributed by atoms with Crippen LogP contribution in [0.5, 0.6) is 0 Å². The maximum atomic E-state index is 11.6. The fourth-order valence-electron chi connectivity index (χ4n) is 1.41. The molecular formula is C11H10N2O2S. The molecule has 16 heavy (non-hydrogen) atoms. The van der Waals surface area contributed by atoms with E-state index in [4.69, 9.17) is 0 Å². The third-order valence-electron chi connectivity index (χ3n) is 2.11. The second kappa shape index (κ2) is 4.02. The van der Waals surface area contributed by atoms with E-state index < -0.39 is 9.84 Å². The van der Waals surface area contributed by atoms with Gasteiger partial charge in [-0.1, -0.05) is 0 Å². The Morgan fingerprint density at radius 2 is 1.88 bits per heavy atom. The first-order valence-electron chi connectivity index (χ1n) is 4.64. The molecule has 0 N–H and O–H groups in total. The van der Waals surface area contributed by atoms with Gasteiger partial charge in [-0.2, -0.15) is 0 Å². The molecule has 0 atom stereocenters. The molecular weight excluding hydrogens is 224 g/mol. The van der Waals surface area contributed by atoms with Crippen molar-refractivity contribution in [3.8, 4) is 11.3 Å². The van der Waals surface area contributed by atoms with Crippen molar-refractivity contribution < 1.29 is 8.42 Å². The fourth-order valence-corrected chi connectivity index (χ4v) is 2.26. The molecule has 2 aromatic heterocycles. The van der Waals surface area contributed by atoms with Crippen molar-refractivity contribution in [2.45, 2.75) is 4.90 Å². The minimum Gasteiger partial charge on any atom is -0.264 e. The van der Waals surface area contributed by atoms with E-state index in [2.05, 4.69) is 9.97 Å². The Morgan fingerprint density at radius 1 is 1.12 bits per heavy atom. The van der Waals surface area contributed by atoms with Crippen LogP contribution in [-0.2, 0) is 9.84 Å². The summed E-state index contributed by atoms with van der Waals surface area (Å²) in [6.45, 7) is 0. The lowest BCUT2D eigenvalue weighted by atomic mass is 10.2. The van der Waals surface area contributed by atoms with Gasteiger partial charge >= 0.3 is 0 Å². The lowest BCUT2D eigenvalue weighted by Crippen LogP contribution is -2.01. The summed E-state index contributed by atoms with van der Waals surface area (Å²) in [5.74, 6) is 0. The van der Waals surface area contributed by atoms with Gasteiger partial charge in [0, 0.05) is 30.4 Å². The topological polar surface area (TPSA) is 59.9 Å². The Hall–Kier alpha value is -1.75. The third-order valence-corrected chi connectivity index (χ3v) is 3.23. The summed E-state index contributed by atoms with van der Waals surface area (Å²) in [5, 5.41) is 0. The maximum absolute atomic E-state index is 11.6. The first-order valence-corrected chi connectivity index (χ1v) is 6.53. The second-order valence-corrected chi connectivity index (χ2v) is 5.35. The highest BCUT2D eigenvalue weighted by Gasteiger charge is 2.14. The van der Waals surface area contributed by atoms with E-state index in [1.807, 2.05) is 0 Å². The fraction of sp³-hybridized carbons (Fsp3) is 0.0909. The van der Waals surface area contributed by atoms with Crippen LogP contribution in [0.2, 0.25) is 0 Å². The standard InChI is InChI=1S/C11H10N2O2S/c1-16(14,15)10-5-3-7-13-11(10)9-4-2-6-12-8-9/h2-8H,1H3. The van der Waals surface area contributed by atoms with E-state index in [-0.39, 0.29) is 4.90 Å². The molecule has 2 aromatic rings. The van der Waals surface area contributed by atoms with Gasteiger partial charge < -0.3 is 0 Å². The van der Waals surface area contributed by atoms with Crippen molar-refractivity contribution in [3.05, 3.63) is 42.9 Å². The Bertz CT molecular complexity index is 594. The molecule has 0 saturated carbocycles. The van der Waals surface area contributed by atoms with Gasteiger partial charge in [0.15, 0.2) is 9.84 Å². The summed E-state index contributed by atoms with van der Waals surface area (Å²) in [5.41, 5.74) is 1.14. The van der Waals surface area contributed by atoms with Crippen molar-refractivity contribution >= 4 is 9.84 Å². The zero-order valence-corrected chi connectivity index (χ0v) is 9.48. The molecule has 0 fully saturated rings. The second-order valence-electron chi connectivity index (χ2n) is 3.36. The average molecular weight is 234 g/mol. The van der Waals surface area contributed by atoms with E-state index in [1.54, 1.807) is 42.9 Å². The smallest absolute Gasteiger partial charge is 0.177 e. The first kappa shape index (κ1) is 10.8. The Kier molecular flexibility index (Phi) is 2.70. The molecule has 2 heterocycles. The molecule has 0 radical (unpaired) electrons. The molecule has 4 nitrogen and oxygen atoms in total. The van der Waals surface area contributed by atoms with Gasteiger partial charge in [-0.15, -0.1) is 0 Å². The van der Waals surface area contributed by atoms with E-state index >= 15 is 0 Å². The van der Waals surface area contributed by atoms with Crippen LogP contribution in [0, 0.1) is 0 Å². The van der Waals surface area contributed by atoms with Crippen molar-refractivity contribution in [2.75, 3.05) is 6.26 Å². The van der Waals surface area contributed by atoms with Crippen LogP contribution in [-0.4, -0.2) is 24.6 Å². The lowest BCUT2D eigenvalue weighted by molar-refractivity contribution is 0.602. The van der Waals surface area contributed by atoms with E-state index in [0.29, 0.717) is 11.3 Å². The van der Waals surface area contributed by atoms with Gasteiger partial charge in [0.05, 0.1) is 10.6 Å². The monoisotopic (exact) mass is 234 g/mol. The van der Waals surface area contributed by atoms with Crippen LogP contribution in [0.3, 0.4) is 0 Å². The zero-order chi connectivity index (χ0) is 11.6. The largest absolute Gasteiger partial charge is 0.264 e. The average Bonchev–Trinajstić information content (AvgIpc) is 2.29. The normalized spacial score (nSPS) is 11.3. The molecule has 82 valence electrons. The van der Waals surface area contributed by atoms with Gasteiger partial charge in [0.2, 0.25) is 0 Å². The van der Waals surface area contributed by atoms with Gasteiger partial charge in [0.25, 0.3) is 0 Å². The summed E-state index contributed by atoms with van der Waals surface area (Å²) in [6, 6.07) is 6.68. The molecule has 5 heteroatoms. The summed E-state index contributed by atoms with van der Waals surface area (Å²) in [4.78, 5) is 8.27. The molecule has 0 aliphatic heterocycles. The Morgan fingerprint density at radius 3 is 2.50 bits per heavy atom. The van der Waals surface area contributed by atoms with Crippen molar-refractivity contribution in [2.24, 2.45) is 0 Å². The number of hydrogen-bond donors (Lipinski definition) is 0. The summed E-state index contributed by atoms with van der Waals surface area (Å²) in [6.07, 6.45) is 5.96. The highest BCUT2D eigenvalue weighted by Crippen LogP contribution is 2.23. The van der Waals surface area contributed by atoms with Crippen LogP contribution in [0.4, 0.5) is 0 Å². The molecule has 0 aromatic carbocycles. The predicted molar refractivity (Wildman–Crippen MR) is 60.6 cm³/mol. The van der Waals surface area contributed by atoms with Crippen molar-refractivity contribution in [1.82, 2.24) is 9.97 Å². The summed E-state index contributed by atoms with van der Waals surface area (Å²) >= 11 is 0. The van der Waals surface area contributed by atoms with Crippen LogP contribution < -0.4 is 0 Å². The molecule has 0 bridgehead atoms. The van der Waals surface area contributed by atoms with Gasteiger partial charge in [-0.3, -0.25) is 9.97 Å². The number of pyridine rings is 2. The van der Waals surface area contributed by atoms with Crippen LogP contribution in [0.15, 0.2) is 47.8 Å². The Balaban J connectivity index is 2.68. The lowest BCUT2D eigenvalue weighted by Gasteiger charge is -2.05. The summed E-state index contributed by atoms with van der Waals surface area (Å²) in [7, 11) is -3.27. The van der Waals surface area contributed by atoms with Crippen molar-refractivity contribution in [3.63, 3.8) is 0 Å². The zero-order valence-electron chi connectivity index (χ0n) is 8.66. The number of sulfone groups is 1. The van der Waals surface area contributed by atoms with Gasteiger partial charge in [-0.25, -0.2) is 8.42 Å².